The predicted molar refractivity (Wildman–Crippen MR) is 96.2 cm³/mol. The molecule has 1 aliphatic heterocycles. The standard InChI is InChI=1S/C18H21ClN2OS/c1-13(20-18(22)14-6-4-7-15(19)12-14)17(16-8-5-11-23-16)21-9-2-3-10-21/h4-8,11-13,17H,2-3,9-10H2,1H3,(H,20,22)/t13-,17+/m0/s1. The van der Waals surface area contributed by atoms with Crippen LogP contribution in [-0.4, -0.2) is 29.9 Å². The van der Waals surface area contributed by atoms with Crippen LogP contribution < -0.4 is 5.32 Å². The number of likely N-dealkylation sites (tertiary alicyclic amines) is 1. The van der Waals surface area contributed by atoms with Gasteiger partial charge in [0.05, 0.1) is 6.04 Å². The highest BCUT2D eigenvalue weighted by Crippen LogP contribution is 2.31. The van der Waals surface area contributed by atoms with Crippen LogP contribution in [0.15, 0.2) is 41.8 Å². The summed E-state index contributed by atoms with van der Waals surface area (Å²) in [7, 11) is 0. The van der Waals surface area contributed by atoms with Gasteiger partial charge < -0.3 is 5.32 Å². The summed E-state index contributed by atoms with van der Waals surface area (Å²) >= 11 is 7.74. The highest BCUT2D eigenvalue weighted by Gasteiger charge is 2.30. The van der Waals surface area contributed by atoms with Crippen LogP contribution in [0.2, 0.25) is 5.02 Å². The second-order valence-electron chi connectivity index (χ2n) is 5.98. The molecule has 23 heavy (non-hydrogen) atoms. The van der Waals surface area contributed by atoms with Crippen molar-refractivity contribution < 1.29 is 4.79 Å². The SMILES string of the molecule is C[C@H](NC(=O)c1cccc(Cl)c1)[C@H](c1cccs1)N1CCCC1. The number of hydrogen-bond acceptors (Lipinski definition) is 3. The third-order valence-electron chi connectivity index (χ3n) is 4.29. The summed E-state index contributed by atoms with van der Waals surface area (Å²) in [4.78, 5) is 16.3. The number of rotatable bonds is 5. The fraction of sp³-hybridized carbons (Fsp3) is 0.389. The smallest absolute Gasteiger partial charge is 0.251 e. The van der Waals surface area contributed by atoms with Gasteiger partial charge in [-0.3, -0.25) is 9.69 Å². The summed E-state index contributed by atoms with van der Waals surface area (Å²) in [5, 5.41) is 5.84. The van der Waals surface area contributed by atoms with Crippen molar-refractivity contribution in [2.24, 2.45) is 0 Å². The maximum Gasteiger partial charge on any atom is 0.251 e. The van der Waals surface area contributed by atoms with Crippen molar-refractivity contribution in [2.75, 3.05) is 13.1 Å². The molecule has 0 spiro atoms. The Kier molecular flexibility index (Phi) is 5.36. The Morgan fingerprint density at radius 3 is 2.70 bits per heavy atom. The first-order valence-electron chi connectivity index (χ1n) is 7.99. The van der Waals surface area contributed by atoms with Gasteiger partial charge in [0.25, 0.3) is 5.91 Å². The predicted octanol–water partition coefficient (Wildman–Crippen LogP) is 4.36. The Morgan fingerprint density at radius 2 is 2.04 bits per heavy atom. The van der Waals surface area contributed by atoms with Crippen LogP contribution in [0.25, 0.3) is 0 Å². The molecule has 1 fully saturated rings. The highest BCUT2D eigenvalue weighted by atomic mass is 35.5. The van der Waals surface area contributed by atoms with E-state index in [1.165, 1.54) is 17.7 Å². The Labute approximate surface area is 146 Å². The minimum atomic E-state index is -0.0687. The normalized spacial score (nSPS) is 17.8. The minimum Gasteiger partial charge on any atom is -0.348 e. The number of nitrogens with one attached hydrogen (secondary N) is 1. The van der Waals surface area contributed by atoms with Crippen LogP contribution in [0, 0.1) is 0 Å². The number of hydrogen-bond donors (Lipinski definition) is 1. The van der Waals surface area contributed by atoms with E-state index in [1.807, 2.05) is 0 Å². The van der Waals surface area contributed by atoms with Crippen molar-refractivity contribution >= 4 is 28.8 Å². The van der Waals surface area contributed by atoms with E-state index in [9.17, 15) is 4.79 Å². The second-order valence-corrected chi connectivity index (χ2v) is 7.39. The van der Waals surface area contributed by atoms with Crippen molar-refractivity contribution in [3.05, 3.63) is 57.2 Å². The molecule has 1 aliphatic rings. The molecule has 1 amide bonds. The van der Waals surface area contributed by atoms with E-state index in [0.717, 1.165) is 13.1 Å². The van der Waals surface area contributed by atoms with Crippen LogP contribution in [-0.2, 0) is 0 Å². The van der Waals surface area contributed by atoms with Crippen LogP contribution in [0.5, 0.6) is 0 Å². The van der Waals surface area contributed by atoms with Crippen molar-refractivity contribution in [2.45, 2.75) is 31.8 Å². The summed E-state index contributed by atoms with van der Waals surface area (Å²) < 4.78 is 0. The number of halogens is 1. The number of benzene rings is 1. The van der Waals surface area contributed by atoms with E-state index in [1.54, 1.807) is 35.6 Å². The lowest BCUT2D eigenvalue weighted by Gasteiger charge is -2.32. The maximum absolute atomic E-state index is 12.5. The molecule has 2 heterocycles. The Morgan fingerprint density at radius 1 is 1.26 bits per heavy atom. The number of amides is 1. The van der Waals surface area contributed by atoms with E-state index in [0.29, 0.717) is 10.6 Å². The molecule has 0 saturated carbocycles. The van der Waals surface area contributed by atoms with E-state index in [-0.39, 0.29) is 18.0 Å². The lowest BCUT2D eigenvalue weighted by molar-refractivity contribution is 0.0908. The molecule has 122 valence electrons. The van der Waals surface area contributed by atoms with Gasteiger partial charge in [0, 0.05) is 21.5 Å². The monoisotopic (exact) mass is 348 g/mol. The minimum absolute atomic E-state index is 0.0400. The fourth-order valence-corrected chi connectivity index (χ4v) is 4.37. The summed E-state index contributed by atoms with van der Waals surface area (Å²) in [5.41, 5.74) is 0.607. The van der Waals surface area contributed by atoms with E-state index < -0.39 is 0 Å². The van der Waals surface area contributed by atoms with Crippen LogP contribution in [0.1, 0.15) is 41.0 Å². The van der Waals surface area contributed by atoms with Gasteiger partial charge >= 0.3 is 0 Å². The van der Waals surface area contributed by atoms with Crippen molar-refractivity contribution in [3.63, 3.8) is 0 Å². The van der Waals surface area contributed by atoms with Gasteiger partial charge in [-0.2, -0.15) is 0 Å². The summed E-state index contributed by atoms with van der Waals surface area (Å²) in [6, 6.07) is 11.6. The summed E-state index contributed by atoms with van der Waals surface area (Å²) in [6.45, 7) is 4.28. The molecule has 0 aliphatic carbocycles. The quantitative estimate of drug-likeness (QED) is 0.870. The van der Waals surface area contributed by atoms with Gasteiger partial charge in [0.1, 0.15) is 0 Å². The van der Waals surface area contributed by atoms with Gasteiger partial charge in [0.15, 0.2) is 0 Å². The van der Waals surface area contributed by atoms with Crippen molar-refractivity contribution in [1.29, 1.82) is 0 Å². The Balaban J connectivity index is 1.75. The highest BCUT2D eigenvalue weighted by molar-refractivity contribution is 7.10. The Hall–Kier alpha value is -1.36. The van der Waals surface area contributed by atoms with Gasteiger partial charge in [0.2, 0.25) is 0 Å². The Bertz CT molecular complexity index is 653. The third-order valence-corrected chi connectivity index (χ3v) is 5.47. The zero-order chi connectivity index (χ0) is 16.2. The van der Waals surface area contributed by atoms with Crippen LogP contribution >= 0.6 is 22.9 Å². The lowest BCUT2D eigenvalue weighted by Crippen LogP contribution is -2.43. The molecule has 2 atom stereocenters. The molecule has 2 aromatic rings. The third kappa shape index (κ3) is 3.94. The average Bonchev–Trinajstić information content (AvgIpc) is 3.21. The van der Waals surface area contributed by atoms with E-state index in [4.69, 9.17) is 11.6 Å². The van der Waals surface area contributed by atoms with Gasteiger partial charge in [-0.1, -0.05) is 23.7 Å². The number of nitrogens with zero attached hydrogens (tertiary/aromatic N) is 1. The molecule has 1 N–H and O–H groups in total. The molecule has 0 unspecified atom stereocenters. The summed E-state index contributed by atoms with van der Waals surface area (Å²) in [5.74, 6) is -0.0687. The van der Waals surface area contributed by atoms with Gasteiger partial charge in [-0.25, -0.2) is 0 Å². The molecular formula is C18H21ClN2OS. The molecule has 1 aromatic heterocycles. The molecule has 1 saturated heterocycles. The fourth-order valence-electron chi connectivity index (χ4n) is 3.22. The second kappa shape index (κ2) is 7.47. The molecule has 3 nitrogen and oxygen atoms in total. The average molecular weight is 349 g/mol. The zero-order valence-corrected chi connectivity index (χ0v) is 14.7. The van der Waals surface area contributed by atoms with Crippen LogP contribution in [0.4, 0.5) is 0 Å². The number of thiophene rings is 1. The van der Waals surface area contributed by atoms with E-state index in [2.05, 4.69) is 34.7 Å². The largest absolute Gasteiger partial charge is 0.348 e. The van der Waals surface area contributed by atoms with Gasteiger partial charge in [-0.15, -0.1) is 11.3 Å². The number of carbonyl (C=O) groups excluding carboxylic acids is 1. The molecule has 5 heteroatoms. The summed E-state index contributed by atoms with van der Waals surface area (Å²) in [6.07, 6.45) is 2.47. The maximum atomic E-state index is 12.5. The first kappa shape index (κ1) is 16.5. The number of carbonyl (C=O) groups is 1. The van der Waals surface area contributed by atoms with Gasteiger partial charge in [-0.05, 0) is 62.5 Å². The van der Waals surface area contributed by atoms with Crippen molar-refractivity contribution in [1.82, 2.24) is 10.2 Å². The zero-order valence-electron chi connectivity index (χ0n) is 13.2. The van der Waals surface area contributed by atoms with Crippen LogP contribution in [0.3, 0.4) is 0 Å². The molecule has 0 bridgehead atoms. The van der Waals surface area contributed by atoms with Crippen molar-refractivity contribution in [3.8, 4) is 0 Å². The first-order valence-corrected chi connectivity index (χ1v) is 9.25. The lowest BCUT2D eigenvalue weighted by atomic mass is 10.1. The first-order chi connectivity index (χ1) is 11.1. The molecular weight excluding hydrogens is 328 g/mol. The molecule has 3 rings (SSSR count). The van der Waals surface area contributed by atoms with E-state index >= 15 is 0 Å². The molecule has 0 radical (unpaired) electrons. The topological polar surface area (TPSA) is 32.3 Å². The molecule has 1 aromatic carbocycles.